The molecule has 3 heterocycles. The number of rotatable bonds is 6. The molecule has 0 radical (unpaired) electrons. The molecule has 1 unspecified atom stereocenters. The van der Waals surface area contributed by atoms with Gasteiger partial charge in [-0.15, -0.1) is 0 Å². The average Bonchev–Trinajstić information content (AvgIpc) is 3.15. The van der Waals surface area contributed by atoms with Gasteiger partial charge in [-0.1, -0.05) is 0 Å². The van der Waals surface area contributed by atoms with Crippen molar-refractivity contribution in [2.75, 3.05) is 38.9 Å². The summed E-state index contributed by atoms with van der Waals surface area (Å²) >= 11 is 0. The van der Waals surface area contributed by atoms with Gasteiger partial charge >= 0.3 is 0 Å². The van der Waals surface area contributed by atoms with E-state index in [-0.39, 0.29) is 6.04 Å². The van der Waals surface area contributed by atoms with E-state index in [4.69, 9.17) is 19.2 Å². The fourth-order valence-corrected chi connectivity index (χ4v) is 4.01. The molecule has 1 fully saturated rings. The third-order valence-corrected chi connectivity index (χ3v) is 5.73. The summed E-state index contributed by atoms with van der Waals surface area (Å²) in [5.41, 5.74) is 1.47. The SMILES string of the molecule is COc1ccc(Cn2ncc3c(C(C)(C)O)cc(N4CCOCC4C)nc32)c(OC)c1. The van der Waals surface area contributed by atoms with Crippen molar-refractivity contribution in [2.24, 2.45) is 0 Å². The molecule has 0 amide bonds. The normalized spacial score (nSPS) is 17.2. The number of morpholine rings is 1. The second-order valence-electron chi connectivity index (χ2n) is 8.42. The molecule has 3 aromatic rings. The van der Waals surface area contributed by atoms with Crippen molar-refractivity contribution in [3.05, 3.63) is 41.6 Å². The third-order valence-electron chi connectivity index (χ3n) is 5.73. The van der Waals surface area contributed by atoms with Crippen molar-refractivity contribution in [3.63, 3.8) is 0 Å². The van der Waals surface area contributed by atoms with E-state index < -0.39 is 5.60 Å². The second-order valence-corrected chi connectivity index (χ2v) is 8.42. The maximum atomic E-state index is 10.9. The van der Waals surface area contributed by atoms with Crippen LogP contribution in [0.2, 0.25) is 0 Å². The number of anilines is 1. The maximum absolute atomic E-state index is 10.9. The number of methoxy groups -OCH3 is 2. The van der Waals surface area contributed by atoms with Gasteiger partial charge in [-0.05, 0) is 44.5 Å². The molecule has 0 bridgehead atoms. The lowest BCUT2D eigenvalue weighted by Gasteiger charge is -2.35. The van der Waals surface area contributed by atoms with Crippen LogP contribution in [0.1, 0.15) is 31.9 Å². The number of aliphatic hydroxyl groups is 1. The van der Waals surface area contributed by atoms with Crippen LogP contribution >= 0.6 is 0 Å². The fourth-order valence-electron chi connectivity index (χ4n) is 4.01. The van der Waals surface area contributed by atoms with Crippen LogP contribution in [0.15, 0.2) is 30.5 Å². The summed E-state index contributed by atoms with van der Waals surface area (Å²) in [7, 11) is 3.27. The zero-order valence-electron chi connectivity index (χ0n) is 18.8. The summed E-state index contributed by atoms with van der Waals surface area (Å²) in [6, 6.07) is 7.91. The van der Waals surface area contributed by atoms with E-state index in [1.54, 1.807) is 34.3 Å². The number of pyridine rings is 1. The lowest BCUT2D eigenvalue weighted by atomic mass is 9.96. The van der Waals surface area contributed by atoms with Crippen molar-refractivity contribution in [3.8, 4) is 11.5 Å². The van der Waals surface area contributed by atoms with E-state index in [0.29, 0.717) is 19.8 Å². The minimum Gasteiger partial charge on any atom is -0.497 e. The molecule has 4 rings (SSSR count). The average molecular weight is 427 g/mol. The van der Waals surface area contributed by atoms with Crippen LogP contribution in [0.25, 0.3) is 11.0 Å². The molecule has 0 spiro atoms. The first-order valence-electron chi connectivity index (χ1n) is 10.5. The highest BCUT2D eigenvalue weighted by atomic mass is 16.5. The summed E-state index contributed by atoms with van der Waals surface area (Å²) in [5, 5.41) is 16.3. The smallest absolute Gasteiger partial charge is 0.160 e. The molecule has 1 N–H and O–H groups in total. The molecule has 1 aliphatic heterocycles. The first kappa shape index (κ1) is 21.4. The highest BCUT2D eigenvalue weighted by Crippen LogP contribution is 2.33. The van der Waals surface area contributed by atoms with Gasteiger partial charge in [0.15, 0.2) is 5.65 Å². The lowest BCUT2D eigenvalue weighted by Crippen LogP contribution is -2.44. The summed E-state index contributed by atoms with van der Waals surface area (Å²) in [6.45, 7) is 8.25. The maximum Gasteiger partial charge on any atom is 0.160 e. The molecular weight excluding hydrogens is 396 g/mol. The van der Waals surface area contributed by atoms with Crippen molar-refractivity contribution in [2.45, 2.75) is 39.0 Å². The van der Waals surface area contributed by atoms with E-state index in [1.165, 1.54) is 0 Å². The van der Waals surface area contributed by atoms with Gasteiger partial charge in [-0.25, -0.2) is 9.67 Å². The topological polar surface area (TPSA) is 81.9 Å². The van der Waals surface area contributed by atoms with Gasteiger partial charge in [0.25, 0.3) is 0 Å². The standard InChI is InChI=1S/C23H30N4O4/c1-15-14-31-9-8-26(15)21-11-19(23(2,3)28)18-12-24-27(22(18)25-21)13-16-6-7-17(29-4)10-20(16)30-5/h6-7,10-12,15,28H,8-9,13-14H2,1-5H3. The van der Waals surface area contributed by atoms with Gasteiger partial charge in [-0.3, -0.25) is 0 Å². The van der Waals surface area contributed by atoms with Crippen LogP contribution in [0.3, 0.4) is 0 Å². The third kappa shape index (κ3) is 4.18. The molecule has 1 saturated heterocycles. The Kier molecular flexibility index (Phi) is 5.77. The number of benzene rings is 1. The van der Waals surface area contributed by atoms with Gasteiger partial charge < -0.3 is 24.2 Å². The number of ether oxygens (including phenoxy) is 3. The second kappa shape index (κ2) is 8.36. The van der Waals surface area contributed by atoms with Crippen LogP contribution in [-0.4, -0.2) is 59.9 Å². The summed E-state index contributed by atoms with van der Waals surface area (Å²) in [4.78, 5) is 7.19. The van der Waals surface area contributed by atoms with Gasteiger partial charge in [0.05, 0.1) is 51.8 Å². The molecule has 1 atom stereocenters. The van der Waals surface area contributed by atoms with E-state index in [2.05, 4.69) is 16.9 Å². The Balaban J connectivity index is 1.81. The van der Waals surface area contributed by atoms with E-state index in [0.717, 1.165) is 46.0 Å². The van der Waals surface area contributed by atoms with E-state index >= 15 is 0 Å². The molecule has 1 aliphatic rings. The largest absolute Gasteiger partial charge is 0.497 e. The predicted octanol–water partition coefficient (Wildman–Crippen LogP) is 2.95. The van der Waals surface area contributed by atoms with E-state index in [1.807, 2.05) is 28.9 Å². The Morgan fingerprint density at radius 2 is 2.03 bits per heavy atom. The van der Waals surface area contributed by atoms with Gasteiger partial charge in [0.1, 0.15) is 17.3 Å². The van der Waals surface area contributed by atoms with Crippen molar-refractivity contribution >= 4 is 16.9 Å². The molecule has 8 heteroatoms. The first-order chi connectivity index (χ1) is 14.8. The Morgan fingerprint density at radius 3 is 2.71 bits per heavy atom. The number of hydrogen-bond acceptors (Lipinski definition) is 7. The fraction of sp³-hybridized carbons (Fsp3) is 0.478. The zero-order valence-corrected chi connectivity index (χ0v) is 18.8. The molecule has 166 valence electrons. The van der Waals surface area contributed by atoms with Gasteiger partial charge in [0, 0.05) is 23.6 Å². The summed E-state index contributed by atoms with van der Waals surface area (Å²) in [5.74, 6) is 2.28. The summed E-state index contributed by atoms with van der Waals surface area (Å²) in [6.07, 6.45) is 1.78. The predicted molar refractivity (Wildman–Crippen MR) is 119 cm³/mol. The Morgan fingerprint density at radius 1 is 1.23 bits per heavy atom. The van der Waals surface area contributed by atoms with Crippen molar-refractivity contribution in [1.82, 2.24) is 14.8 Å². The minimum absolute atomic E-state index is 0.200. The van der Waals surface area contributed by atoms with Crippen molar-refractivity contribution in [1.29, 1.82) is 0 Å². The van der Waals surface area contributed by atoms with Crippen LogP contribution in [0.4, 0.5) is 5.82 Å². The molecule has 0 saturated carbocycles. The highest BCUT2D eigenvalue weighted by Gasteiger charge is 2.27. The number of fused-ring (bicyclic) bond motifs is 1. The monoisotopic (exact) mass is 426 g/mol. The molecule has 1 aromatic carbocycles. The minimum atomic E-state index is -1.03. The number of aromatic nitrogens is 3. The Bertz CT molecular complexity index is 1070. The molecule has 8 nitrogen and oxygen atoms in total. The first-order valence-corrected chi connectivity index (χ1v) is 10.5. The van der Waals surface area contributed by atoms with Gasteiger partial charge in [-0.2, -0.15) is 5.10 Å². The molecule has 2 aromatic heterocycles. The number of hydrogen-bond donors (Lipinski definition) is 1. The van der Waals surface area contributed by atoms with E-state index in [9.17, 15) is 5.11 Å². The molecular formula is C23H30N4O4. The van der Waals surface area contributed by atoms with Crippen LogP contribution in [0.5, 0.6) is 11.5 Å². The Hall–Kier alpha value is -2.84. The zero-order chi connectivity index (χ0) is 22.2. The van der Waals surface area contributed by atoms with Crippen LogP contribution in [0, 0.1) is 0 Å². The molecule has 0 aliphatic carbocycles. The van der Waals surface area contributed by atoms with Crippen LogP contribution in [-0.2, 0) is 16.9 Å². The summed E-state index contributed by atoms with van der Waals surface area (Å²) < 4.78 is 18.3. The molecule has 31 heavy (non-hydrogen) atoms. The Labute approximate surface area is 182 Å². The van der Waals surface area contributed by atoms with Gasteiger partial charge in [0.2, 0.25) is 0 Å². The van der Waals surface area contributed by atoms with Crippen LogP contribution < -0.4 is 14.4 Å². The highest BCUT2D eigenvalue weighted by molar-refractivity contribution is 5.82. The quantitative estimate of drug-likeness (QED) is 0.649. The van der Waals surface area contributed by atoms with Crippen molar-refractivity contribution < 1.29 is 19.3 Å². The number of nitrogens with zero attached hydrogens (tertiary/aromatic N) is 4. The lowest BCUT2D eigenvalue weighted by molar-refractivity contribution is 0.0799.